The summed E-state index contributed by atoms with van der Waals surface area (Å²) in [6.07, 6.45) is 0. The van der Waals surface area contributed by atoms with Gasteiger partial charge >= 0.3 is 27.2 Å². The average Bonchev–Trinajstić information content (AvgIpc) is 0.918. The normalized spacial score (nSPS) is 1.33. The minimum absolute atomic E-state index is 0. The fourth-order valence-electron chi connectivity index (χ4n) is 0. The molecule has 0 aliphatic heterocycles. The van der Waals surface area contributed by atoms with E-state index in [1.807, 2.05) is 0 Å². The maximum atomic E-state index is 8.50. The molecule has 0 aromatic heterocycles. The third-order valence-electron chi connectivity index (χ3n) is 0. The Morgan fingerprint density at radius 3 is 1.33 bits per heavy atom. The molecule has 40 valence electrons. The summed E-state index contributed by atoms with van der Waals surface area (Å²) < 4.78 is 17.0. The molecule has 0 bridgehead atoms. The molecule has 3 N–H and O–H groups in total. The zero-order valence-electron chi connectivity index (χ0n) is 3.26. The first-order valence-corrected chi connectivity index (χ1v) is 1.68. The van der Waals surface area contributed by atoms with Gasteiger partial charge in [-0.25, -0.2) is 0 Å². The predicted octanol–water partition coefficient (Wildman–Crippen LogP) is -0.493. The van der Waals surface area contributed by atoms with Gasteiger partial charge in [0, 0.05) is 0 Å². The van der Waals surface area contributed by atoms with Crippen molar-refractivity contribution in [1.82, 2.24) is 0 Å². The fourth-order valence-corrected chi connectivity index (χ4v) is 0. The molecule has 0 aromatic rings. The predicted molar refractivity (Wildman–Crippen MR) is 14.8 cm³/mol. The van der Waals surface area contributed by atoms with Crippen molar-refractivity contribution < 1.29 is 38.1 Å². The van der Waals surface area contributed by atoms with E-state index in [1.165, 1.54) is 0 Å². The van der Waals surface area contributed by atoms with Gasteiger partial charge in [0.1, 0.15) is 0 Å². The van der Waals surface area contributed by atoms with Gasteiger partial charge in [0.05, 0.1) is 0 Å². The van der Waals surface area contributed by atoms with Gasteiger partial charge in [-0.15, -0.1) is 0 Å². The summed E-state index contributed by atoms with van der Waals surface area (Å²) in [5.74, 6) is 0. The summed E-state index contributed by atoms with van der Waals surface area (Å²) in [6, 6.07) is 0. The van der Waals surface area contributed by atoms with Gasteiger partial charge in [0.2, 0.25) is 0 Å². The Morgan fingerprint density at radius 2 is 1.33 bits per heavy atom. The topological polar surface area (TPSA) is 95.6 Å². The molecular formula is CH8O4Ti. The van der Waals surface area contributed by atoms with E-state index in [0.29, 0.717) is 0 Å². The van der Waals surface area contributed by atoms with Gasteiger partial charge in [-0.3, -0.25) is 0 Å². The Bertz CT molecular complexity index is 32.7. The van der Waals surface area contributed by atoms with Crippen LogP contribution in [0.2, 0.25) is 0 Å². The van der Waals surface area contributed by atoms with Crippen LogP contribution in [0.25, 0.3) is 0 Å². The van der Waals surface area contributed by atoms with Crippen LogP contribution in [0.1, 0.15) is 8.85 Å². The Kier molecular flexibility index (Phi) is 351. The number of rotatable bonds is 0. The van der Waals surface area contributed by atoms with Crippen molar-refractivity contribution in [1.29, 1.82) is 0 Å². The Balaban J connectivity index is -0.00000000333. The summed E-state index contributed by atoms with van der Waals surface area (Å²) in [7, 11) is 0. The summed E-state index contributed by atoms with van der Waals surface area (Å²) in [6.45, 7) is 0. The molecular weight excluding hydrogens is 124 g/mol. The van der Waals surface area contributed by atoms with E-state index in [0.717, 1.165) is 0 Å². The van der Waals surface area contributed by atoms with E-state index in [4.69, 9.17) is 6.65 Å². The molecule has 4 nitrogen and oxygen atoms in total. The van der Waals surface area contributed by atoms with Gasteiger partial charge in [0.15, 0.2) is 0 Å². The SMILES string of the molecule is C.O.[H+].[OH-].[O]=[Ti]=[O]. The first kappa shape index (κ1) is 34.2. The van der Waals surface area contributed by atoms with Crippen LogP contribution in [0, 0.1) is 0 Å². The standard InChI is InChI=1S/CH4.2H2O.2O.Ti/h1H4;2*1H2;;;. The molecule has 0 saturated carbocycles. The molecule has 0 aliphatic carbocycles. The zero-order valence-corrected chi connectivity index (χ0v) is 3.83. The van der Waals surface area contributed by atoms with Crippen molar-refractivity contribution in [3.8, 4) is 0 Å². The molecule has 0 aromatic carbocycles. The van der Waals surface area contributed by atoms with Crippen molar-refractivity contribution in [2.24, 2.45) is 0 Å². The van der Waals surface area contributed by atoms with Crippen molar-refractivity contribution >= 4 is 0 Å². The fraction of sp³-hybridized carbons (Fsp3) is 1.00. The second-order valence-corrected chi connectivity index (χ2v) is 0.344. The molecule has 0 radical (unpaired) electrons. The van der Waals surface area contributed by atoms with Crippen molar-refractivity contribution in [2.75, 3.05) is 0 Å². The van der Waals surface area contributed by atoms with Gasteiger partial charge in [0.25, 0.3) is 0 Å². The second kappa shape index (κ2) is 61.6. The van der Waals surface area contributed by atoms with Crippen LogP contribution in [-0.2, 0) is 25.7 Å². The zero-order chi connectivity index (χ0) is 2.71. The van der Waals surface area contributed by atoms with Crippen molar-refractivity contribution in [3.63, 3.8) is 0 Å². The van der Waals surface area contributed by atoms with Gasteiger partial charge in [-0.1, -0.05) is 7.43 Å². The van der Waals surface area contributed by atoms with E-state index in [2.05, 4.69) is 0 Å². The monoisotopic (exact) mass is 132 g/mol. The molecule has 0 saturated heterocycles. The van der Waals surface area contributed by atoms with Crippen LogP contribution in [0.5, 0.6) is 0 Å². The van der Waals surface area contributed by atoms with Crippen molar-refractivity contribution in [3.05, 3.63) is 0 Å². The Morgan fingerprint density at radius 1 is 1.33 bits per heavy atom. The molecule has 5 heteroatoms. The first-order chi connectivity index (χ1) is 1.41. The van der Waals surface area contributed by atoms with Crippen molar-refractivity contribution in [2.45, 2.75) is 7.43 Å². The van der Waals surface area contributed by atoms with Crippen LogP contribution in [0.15, 0.2) is 0 Å². The van der Waals surface area contributed by atoms with Crippen LogP contribution in [0.3, 0.4) is 0 Å². The molecule has 0 unspecified atom stereocenters. The molecule has 0 aliphatic rings. The molecule has 0 fully saturated rings. The molecule has 0 spiro atoms. The number of hydrogen-bond acceptors (Lipinski definition) is 3. The first-order valence-electron chi connectivity index (χ1n) is 0.408. The average molecular weight is 132 g/mol. The summed E-state index contributed by atoms with van der Waals surface area (Å²) in [5.41, 5.74) is 0. The van der Waals surface area contributed by atoms with Gasteiger partial charge in [-0.05, 0) is 0 Å². The van der Waals surface area contributed by atoms with Gasteiger partial charge < -0.3 is 11.0 Å². The summed E-state index contributed by atoms with van der Waals surface area (Å²) >= 11 is -2.00. The third kappa shape index (κ3) is 807. The van der Waals surface area contributed by atoms with E-state index in [9.17, 15) is 0 Å². The Hall–Kier alpha value is 0.234. The van der Waals surface area contributed by atoms with E-state index < -0.39 is 19.1 Å². The summed E-state index contributed by atoms with van der Waals surface area (Å²) in [4.78, 5) is 0. The van der Waals surface area contributed by atoms with Crippen LogP contribution in [-0.4, -0.2) is 11.0 Å². The van der Waals surface area contributed by atoms with Crippen LogP contribution < -0.4 is 0 Å². The Labute approximate surface area is 46.2 Å². The molecule has 6 heavy (non-hydrogen) atoms. The number of hydrogen-bond donors (Lipinski definition) is 0. The molecule has 0 amide bonds. The molecule has 0 heterocycles. The molecule has 0 rings (SSSR count). The van der Waals surface area contributed by atoms with Gasteiger partial charge in [-0.2, -0.15) is 0 Å². The second-order valence-electron chi connectivity index (χ2n) is 0.0833. The maximum absolute atomic E-state index is 8.50. The van der Waals surface area contributed by atoms with Crippen LogP contribution in [0.4, 0.5) is 0 Å². The van der Waals surface area contributed by atoms with E-state index in [1.54, 1.807) is 0 Å². The summed E-state index contributed by atoms with van der Waals surface area (Å²) in [5, 5.41) is 0. The van der Waals surface area contributed by atoms with E-state index in [-0.39, 0.29) is 19.8 Å². The third-order valence-corrected chi connectivity index (χ3v) is 0. The minimum atomic E-state index is -2.00. The molecule has 0 atom stereocenters. The quantitative estimate of drug-likeness (QED) is 0.415. The van der Waals surface area contributed by atoms with E-state index >= 15 is 0 Å². The van der Waals surface area contributed by atoms with Crippen LogP contribution >= 0.6 is 0 Å².